The Balaban J connectivity index is 1.40. The van der Waals surface area contributed by atoms with Gasteiger partial charge in [0.1, 0.15) is 5.82 Å². The van der Waals surface area contributed by atoms with Gasteiger partial charge in [-0.05, 0) is 49.2 Å². The van der Waals surface area contributed by atoms with E-state index in [2.05, 4.69) is 6.07 Å². The normalized spacial score (nSPS) is 19.2. The van der Waals surface area contributed by atoms with E-state index in [1.807, 2.05) is 30.0 Å². The smallest absolute Gasteiger partial charge is 0.284 e. The van der Waals surface area contributed by atoms with Crippen LogP contribution in [0.5, 0.6) is 0 Å². The summed E-state index contributed by atoms with van der Waals surface area (Å²) in [4.78, 5) is 16.1. The van der Waals surface area contributed by atoms with Gasteiger partial charge < -0.3 is 9.80 Å². The van der Waals surface area contributed by atoms with E-state index in [9.17, 15) is 17.6 Å². The largest absolute Gasteiger partial charge is 0.323 e. The first-order valence-corrected chi connectivity index (χ1v) is 11.3. The van der Waals surface area contributed by atoms with Crippen LogP contribution >= 0.6 is 0 Å². The lowest BCUT2D eigenvalue weighted by Gasteiger charge is -2.35. The van der Waals surface area contributed by atoms with E-state index in [1.54, 1.807) is 0 Å². The van der Waals surface area contributed by atoms with Crippen LogP contribution in [0.4, 0.5) is 10.1 Å². The van der Waals surface area contributed by atoms with Gasteiger partial charge in [-0.3, -0.25) is 4.79 Å². The van der Waals surface area contributed by atoms with Gasteiger partial charge in [-0.25, -0.2) is 12.8 Å². The van der Waals surface area contributed by atoms with Crippen molar-refractivity contribution in [2.45, 2.75) is 24.3 Å². The summed E-state index contributed by atoms with van der Waals surface area (Å²) in [6.45, 7) is 4.40. The van der Waals surface area contributed by atoms with Crippen LogP contribution in [0.1, 0.15) is 12.5 Å². The molecule has 1 atom stereocenters. The Bertz CT molecular complexity index is 1000. The number of benzene rings is 2. The highest BCUT2D eigenvalue weighted by molar-refractivity contribution is 7.89. The van der Waals surface area contributed by atoms with Crippen LogP contribution < -0.4 is 9.80 Å². The fourth-order valence-electron chi connectivity index (χ4n) is 4.18. The van der Waals surface area contributed by atoms with Crippen LogP contribution in [-0.4, -0.2) is 57.4 Å². The molecule has 1 amide bonds. The molecule has 1 saturated heterocycles. The van der Waals surface area contributed by atoms with Crippen molar-refractivity contribution >= 4 is 21.6 Å². The number of quaternary nitrogens is 1. The first-order chi connectivity index (χ1) is 13.9. The first kappa shape index (κ1) is 20.0. The molecular weight excluding hydrogens is 393 g/mol. The molecule has 0 radical (unpaired) electrons. The monoisotopic (exact) mass is 418 g/mol. The predicted octanol–water partition coefficient (Wildman–Crippen LogP) is 0.693. The Labute approximate surface area is 170 Å². The van der Waals surface area contributed by atoms with Gasteiger partial charge >= 0.3 is 0 Å². The molecule has 0 aliphatic carbocycles. The third kappa shape index (κ3) is 3.80. The van der Waals surface area contributed by atoms with Crippen LogP contribution in [0.3, 0.4) is 0 Å². The van der Waals surface area contributed by atoms with Crippen molar-refractivity contribution in [3.05, 3.63) is 59.9 Å². The number of hydrogen-bond donors (Lipinski definition) is 1. The van der Waals surface area contributed by atoms with Gasteiger partial charge in [0.05, 0.1) is 31.1 Å². The Kier molecular flexibility index (Phi) is 5.42. The maximum atomic E-state index is 13.1. The summed E-state index contributed by atoms with van der Waals surface area (Å²) in [7, 11) is -3.65. The Morgan fingerprint density at radius 1 is 1.03 bits per heavy atom. The highest BCUT2D eigenvalue weighted by atomic mass is 32.2. The van der Waals surface area contributed by atoms with Crippen molar-refractivity contribution in [3.63, 3.8) is 0 Å². The number of sulfonamides is 1. The van der Waals surface area contributed by atoms with Gasteiger partial charge in [-0.15, -0.1) is 0 Å². The van der Waals surface area contributed by atoms with E-state index < -0.39 is 15.8 Å². The first-order valence-electron chi connectivity index (χ1n) is 9.87. The molecule has 2 aromatic carbocycles. The summed E-state index contributed by atoms with van der Waals surface area (Å²) in [5.74, 6) is -0.381. The number of anilines is 1. The number of fused-ring (bicyclic) bond motifs is 1. The molecule has 6 nitrogen and oxygen atoms in total. The standard InChI is InChI=1S/C21H24FN3O3S/c1-16(21(26)25-11-10-17-4-2-3-5-20(17)25)23-12-14-24(15-13-23)29(27,28)19-8-6-18(22)7-9-19/h2-9,16H,10-15H2,1H3/p+1/t16-/m0/s1. The highest BCUT2D eigenvalue weighted by Crippen LogP contribution is 2.27. The van der Waals surface area contributed by atoms with Gasteiger partial charge in [0.25, 0.3) is 5.91 Å². The van der Waals surface area contributed by atoms with Crippen molar-refractivity contribution < 1.29 is 22.5 Å². The number of piperazine rings is 1. The van der Waals surface area contributed by atoms with E-state index in [0.717, 1.165) is 29.1 Å². The number of halogens is 1. The average Bonchev–Trinajstić information content (AvgIpc) is 3.17. The van der Waals surface area contributed by atoms with E-state index in [4.69, 9.17) is 0 Å². The van der Waals surface area contributed by atoms with Crippen LogP contribution in [0.2, 0.25) is 0 Å². The van der Waals surface area contributed by atoms with Crippen molar-refractivity contribution in [1.82, 2.24) is 4.31 Å². The number of carbonyl (C=O) groups excluding carboxylic acids is 1. The number of carbonyl (C=O) groups is 1. The van der Waals surface area contributed by atoms with Crippen molar-refractivity contribution in [2.75, 3.05) is 37.6 Å². The molecule has 0 saturated carbocycles. The molecule has 8 heteroatoms. The van der Waals surface area contributed by atoms with Gasteiger partial charge in [0, 0.05) is 12.2 Å². The maximum Gasteiger partial charge on any atom is 0.284 e. The highest BCUT2D eigenvalue weighted by Gasteiger charge is 2.37. The molecule has 154 valence electrons. The number of nitrogens with one attached hydrogen (secondary N) is 1. The summed E-state index contributed by atoms with van der Waals surface area (Å²) in [6, 6.07) is 12.6. The SMILES string of the molecule is C[C@@H](C(=O)N1CCc2ccccc21)[NH+]1CCN(S(=O)(=O)c2ccc(F)cc2)CC1. The number of hydrogen-bond acceptors (Lipinski definition) is 3. The third-order valence-corrected chi connectivity index (χ3v) is 7.86. The Morgan fingerprint density at radius 2 is 1.69 bits per heavy atom. The minimum absolute atomic E-state index is 0.0831. The lowest BCUT2D eigenvalue weighted by atomic mass is 10.1. The third-order valence-electron chi connectivity index (χ3n) is 5.95. The molecule has 2 heterocycles. The van der Waals surface area contributed by atoms with E-state index in [0.29, 0.717) is 32.7 Å². The molecule has 2 aliphatic heterocycles. The molecule has 0 aromatic heterocycles. The topological polar surface area (TPSA) is 62.1 Å². The van der Waals surface area contributed by atoms with Gasteiger partial charge in [-0.2, -0.15) is 4.31 Å². The fraction of sp³-hybridized carbons (Fsp3) is 0.381. The molecular formula is C21H25FN3O3S+. The van der Waals surface area contributed by atoms with E-state index >= 15 is 0 Å². The number of nitrogens with zero attached hydrogens (tertiary/aromatic N) is 2. The Morgan fingerprint density at radius 3 is 2.38 bits per heavy atom. The molecule has 0 unspecified atom stereocenters. The summed E-state index contributed by atoms with van der Waals surface area (Å²) in [5, 5.41) is 0. The second kappa shape index (κ2) is 7.85. The van der Waals surface area contributed by atoms with Gasteiger partial charge in [0.2, 0.25) is 10.0 Å². The zero-order valence-corrected chi connectivity index (χ0v) is 17.2. The molecule has 2 aromatic rings. The predicted molar refractivity (Wildman–Crippen MR) is 108 cm³/mol. The summed E-state index contributed by atoms with van der Waals surface area (Å²) in [5.41, 5.74) is 2.18. The molecule has 0 bridgehead atoms. The lowest BCUT2D eigenvalue weighted by molar-refractivity contribution is -0.917. The molecule has 2 aliphatic rings. The van der Waals surface area contributed by atoms with Crippen LogP contribution in [0.15, 0.2) is 53.4 Å². The Hall–Kier alpha value is -2.29. The quantitative estimate of drug-likeness (QED) is 0.795. The maximum absolute atomic E-state index is 13.1. The van der Waals surface area contributed by atoms with E-state index in [1.165, 1.54) is 22.0 Å². The fourth-order valence-corrected chi connectivity index (χ4v) is 5.62. The minimum atomic E-state index is -3.65. The van der Waals surface area contributed by atoms with Gasteiger partial charge in [0.15, 0.2) is 6.04 Å². The van der Waals surface area contributed by atoms with Crippen molar-refractivity contribution in [3.8, 4) is 0 Å². The average molecular weight is 419 g/mol. The number of amides is 1. The summed E-state index contributed by atoms with van der Waals surface area (Å²) >= 11 is 0. The summed E-state index contributed by atoms with van der Waals surface area (Å²) < 4.78 is 40.1. The lowest BCUT2D eigenvalue weighted by Crippen LogP contribution is -3.19. The second-order valence-electron chi connectivity index (χ2n) is 7.61. The second-order valence-corrected chi connectivity index (χ2v) is 9.54. The molecule has 1 fully saturated rings. The zero-order chi connectivity index (χ0) is 20.6. The van der Waals surface area contributed by atoms with Crippen molar-refractivity contribution in [1.29, 1.82) is 0 Å². The van der Waals surface area contributed by atoms with Crippen LogP contribution in [-0.2, 0) is 21.2 Å². The molecule has 0 spiro atoms. The van der Waals surface area contributed by atoms with Crippen LogP contribution in [0, 0.1) is 5.82 Å². The molecule has 1 N–H and O–H groups in total. The van der Waals surface area contributed by atoms with E-state index in [-0.39, 0.29) is 16.8 Å². The number of para-hydroxylation sites is 1. The summed E-state index contributed by atoms with van der Waals surface area (Å²) in [6.07, 6.45) is 0.869. The van der Waals surface area contributed by atoms with Gasteiger partial charge in [-0.1, -0.05) is 18.2 Å². The zero-order valence-electron chi connectivity index (χ0n) is 16.3. The van der Waals surface area contributed by atoms with Crippen LogP contribution in [0.25, 0.3) is 0 Å². The van der Waals surface area contributed by atoms with Crippen molar-refractivity contribution in [2.24, 2.45) is 0 Å². The minimum Gasteiger partial charge on any atom is -0.323 e. The molecule has 29 heavy (non-hydrogen) atoms. The molecule has 4 rings (SSSR count). The number of rotatable bonds is 4.